The molecule has 8 nitrogen and oxygen atoms in total. The quantitative estimate of drug-likeness (QED) is 0.470. The van der Waals surface area contributed by atoms with Gasteiger partial charge in [0.2, 0.25) is 5.95 Å². The number of halogens is 2. The molecular formula is C11H12Cl2N4O4. The van der Waals surface area contributed by atoms with Crippen LogP contribution in [0, 0.1) is 11.3 Å². The van der Waals surface area contributed by atoms with E-state index in [2.05, 4.69) is 21.3 Å². The van der Waals surface area contributed by atoms with Gasteiger partial charge in [0.1, 0.15) is 18.5 Å². The van der Waals surface area contributed by atoms with Gasteiger partial charge in [0.05, 0.1) is 6.10 Å². The van der Waals surface area contributed by atoms with Crippen molar-refractivity contribution in [2.75, 3.05) is 5.73 Å². The summed E-state index contributed by atoms with van der Waals surface area (Å²) in [6.07, 6.45) is -3.67. The van der Waals surface area contributed by atoms with Gasteiger partial charge in [0, 0.05) is 5.38 Å². The molecule has 1 aliphatic rings. The molecule has 0 bridgehead atoms. The highest BCUT2D eigenvalue weighted by Gasteiger charge is 2.57. The number of aliphatic hydroxyl groups excluding tert-OH is 2. The SMILES string of the molecule is C[C@H](O)[C@H]1O[C@@H](n2cnc(N)nc2=O)C(Cl)(C#CCl)[C@H]1O. The zero-order valence-corrected chi connectivity index (χ0v) is 12.3. The van der Waals surface area contributed by atoms with Crippen molar-refractivity contribution >= 4 is 29.2 Å². The first-order valence-electron chi connectivity index (χ1n) is 5.85. The summed E-state index contributed by atoms with van der Waals surface area (Å²) in [5.41, 5.74) is 4.52. The molecule has 0 aliphatic carbocycles. The Bertz CT molecular complexity index is 656. The Balaban J connectivity index is 2.54. The molecule has 10 heteroatoms. The molecule has 1 aromatic rings. The maximum atomic E-state index is 11.9. The Morgan fingerprint density at radius 2 is 2.33 bits per heavy atom. The molecule has 0 saturated carbocycles. The first kappa shape index (κ1) is 16.0. The largest absolute Gasteiger partial charge is 0.391 e. The van der Waals surface area contributed by atoms with Crippen LogP contribution in [0.1, 0.15) is 13.2 Å². The van der Waals surface area contributed by atoms with E-state index < -0.39 is 35.1 Å². The third-order valence-electron chi connectivity index (χ3n) is 3.10. The molecule has 2 heterocycles. The monoisotopic (exact) mass is 334 g/mol. The summed E-state index contributed by atoms with van der Waals surface area (Å²) in [4.78, 5) is 17.2. The summed E-state index contributed by atoms with van der Waals surface area (Å²) in [5, 5.41) is 21.9. The lowest BCUT2D eigenvalue weighted by Gasteiger charge is -2.25. The number of anilines is 1. The molecule has 1 unspecified atom stereocenters. The number of hydrogen-bond acceptors (Lipinski definition) is 7. The topological polar surface area (TPSA) is 123 Å². The maximum Gasteiger partial charge on any atom is 0.354 e. The van der Waals surface area contributed by atoms with E-state index in [1.54, 1.807) is 0 Å². The van der Waals surface area contributed by atoms with Gasteiger partial charge in [-0.25, -0.2) is 9.78 Å². The molecular weight excluding hydrogens is 323 g/mol. The van der Waals surface area contributed by atoms with E-state index in [1.807, 2.05) is 0 Å². The first-order valence-corrected chi connectivity index (χ1v) is 6.60. The number of rotatable bonds is 2. The molecule has 21 heavy (non-hydrogen) atoms. The van der Waals surface area contributed by atoms with Crippen molar-refractivity contribution in [2.24, 2.45) is 0 Å². The first-order chi connectivity index (χ1) is 9.81. The van der Waals surface area contributed by atoms with E-state index in [1.165, 1.54) is 6.92 Å². The average Bonchev–Trinajstić information content (AvgIpc) is 2.64. The molecule has 0 amide bonds. The molecule has 114 valence electrons. The number of hydrogen-bond donors (Lipinski definition) is 3. The summed E-state index contributed by atoms with van der Waals surface area (Å²) in [6, 6.07) is 0. The van der Waals surface area contributed by atoms with Crippen molar-refractivity contribution < 1.29 is 14.9 Å². The maximum absolute atomic E-state index is 11.9. The van der Waals surface area contributed by atoms with E-state index in [0.717, 1.165) is 10.9 Å². The molecule has 4 N–H and O–H groups in total. The highest BCUT2D eigenvalue weighted by Crippen LogP contribution is 2.43. The molecule has 1 saturated heterocycles. The molecule has 1 aromatic heterocycles. The summed E-state index contributed by atoms with van der Waals surface area (Å²) in [7, 11) is 0. The van der Waals surface area contributed by atoms with Gasteiger partial charge in [-0.3, -0.25) is 4.57 Å². The fourth-order valence-electron chi connectivity index (χ4n) is 2.08. The molecule has 5 atom stereocenters. The molecule has 0 spiro atoms. The predicted octanol–water partition coefficient (Wildman–Crippen LogP) is -0.963. The van der Waals surface area contributed by atoms with Gasteiger partial charge < -0.3 is 20.7 Å². The third-order valence-corrected chi connectivity index (χ3v) is 3.70. The molecule has 0 radical (unpaired) electrons. The second-order valence-electron chi connectivity index (χ2n) is 4.53. The Morgan fingerprint density at radius 3 is 2.86 bits per heavy atom. The van der Waals surface area contributed by atoms with Gasteiger partial charge in [-0.15, -0.1) is 0 Å². The van der Waals surface area contributed by atoms with Crippen molar-refractivity contribution in [2.45, 2.75) is 36.3 Å². The van der Waals surface area contributed by atoms with Gasteiger partial charge >= 0.3 is 5.69 Å². The van der Waals surface area contributed by atoms with Gasteiger partial charge in [0.25, 0.3) is 0 Å². The van der Waals surface area contributed by atoms with Crippen LogP contribution in [0.2, 0.25) is 0 Å². The highest BCUT2D eigenvalue weighted by molar-refractivity contribution is 6.32. The Labute approximate surface area is 129 Å². The van der Waals surface area contributed by atoms with Crippen LogP contribution in [0.5, 0.6) is 0 Å². The summed E-state index contributed by atoms with van der Waals surface area (Å²) < 4.78 is 6.39. The lowest BCUT2D eigenvalue weighted by Crippen LogP contribution is -2.44. The van der Waals surface area contributed by atoms with Crippen LogP contribution in [0.4, 0.5) is 5.95 Å². The van der Waals surface area contributed by atoms with Crippen molar-refractivity contribution in [3.8, 4) is 11.3 Å². The number of aliphatic hydroxyl groups is 2. The van der Waals surface area contributed by atoms with Crippen LogP contribution in [-0.2, 0) is 4.74 Å². The lowest BCUT2D eigenvalue weighted by atomic mass is 9.97. The van der Waals surface area contributed by atoms with Crippen LogP contribution in [0.25, 0.3) is 0 Å². The number of nitrogen functional groups attached to an aromatic ring is 1. The minimum absolute atomic E-state index is 0.217. The van der Waals surface area contributed by atoms with Crippen LogP contribution in [-0.4, -0.2) is 47.9 Å². The number of nitrogens with zero attached hydrogens (tertiary/aromatic N) is 3. The smallest absolute Gasteiger partial charge is 0.354 e. The van der Waals surface area contributed by atoms with E-state index in [0.29, 0.717) is 0 Å². The molecule has 2 rings (SSSR count). The summed E-state index contributed by atoms with van der Waals surface area (Å²) in [5.74, 6) is 2.18. The van der Waals surface area contributed by atoms with Crippen LogP contribution in [0.3, 0.4) is 0 Å². The van der Waals surface area contributed by atoms with E-state index >= 15 is 0 Å². The van der Waals surface area contributed by atoms with Crippen molar-refractivity contribution in [3.63, 3.8) is 0 Å². The van der Waals surface area contributed by atoms with Crippen LogP contribution in [0.15, 0.2) is 11.1 Å². The van der Waals surface area contributed by atoms with Crippen molar-refractivity contribution in [1.29, 1.82) is 0 Å². The minimum atomic E-state index is -1.74. The van der Waals surface area contributed by atoms with Crippen molar-refractivity contribution in [3.05, 3.63) is 16.8 Å². The second kappa shape index (κ2) is 5.79. The van der Waals surface area contributed by atoms with E-state index in [-0.39, 0.29) is 5.95 Å². The number of ether oxygens (including phenoxy) is 1. The standard InChI is InChI=1S/C11H12Cl2N4O4/c1-5(18)6-7(19)11(13,2-3-12)8(21-6)17-4-15-9(14)16-10(17)20/h4-8,18-19H,1H3,(H2,14,16,20)/t5-,6+,7-,8+,11?/m0/s1. The molecule has 0 aromatic carbocycles. The fraction of sp³-hybridized carbons (Fsp3) is 0.545. The van der Waals surface area contributed by atoms with Gasteiger partial charge in [-0.2, -0.15) is 4.98 Å². The van der Waals surface area contributed by atoms with E-state index in [9.17, 15) is 15.0 Å². The summed E-state index contributed by atoms with van der Waals surface area (Å²) >= 11 is 11.6. The number of aromatic nitrogens is 3. The number of nitrogens with two attached hydrogens (primary N) is 1. The predicted molar refractivity (Wildman–Crippen MR) is 74.5 cm³/mol. The molecule has 1 aliphatic heterocycles. The Hall–Kier alpha value is -1.37. The van der Waals surface area contributed by atoms with Gasteiger partial charge in [0.15, 0.2) is 11.1 Å². The average molecular weight is 335 g/mol. The normalized spacial score (nSPS) is 33.3. The van der Waals surface area contributed by atoms with E-state index in [4.69, 9.17) is 33.7 Å². The zero-order valence-electron chi connectivity index (χ0n) is 10.8. The van der Waals surface area contributed by atoms with Gasteiger partial charge in [-0.05, 0) is 18.5 Å². The van der Waals surface area contributed by atoms with Crippen LogP contribution >= 0.6 is 23.2 Å². The van der Waals surface area contributed by atoms with Crippen LogP contribution < -0.4 is 11.4 Å². The Morgan fingerprint density at radius 1 is 1.67 bits per heavy atom. The summed E-state index contributed by atoms with van der Waals surface area (Å²) in [6.45, 7) is 1.41. The highest BCUT2D eigenvalue weighted by atomic mass is 35.5. The van der Waals surface area contributed by atoms with Crippen molar-refractivity contribution in [1.82, 2.24) is 14.5 Å². The third kappa shape index (κ3) is 2.71. The van der Waals surface area contributed by atoms with Gasteiger partial charge in [-0.1, -0.05) is 17.5 Å². The lowest BCUT2D eigenvalue weighted by molar-refractivity contribution is -0.0775. The number of alkyl halides is 1. The zero-order chi connectivity index (χ0) is 15.8. The minimum Gasteiger partial charge on any atom is -0.391 e. The molecule has 1 fully saturated rings. The second-order valence-corrected chi connectivity index (χ2v) is 5.34. The Kier molecular flexibility index (Phi) is 4.41. The fourth-order valence-corrected chi connectivity index (χ4v) is 2.61.